The van der Waals surface area contributed by atoms with E-state index in [-0.39, 0.29) is 0 Å². The van der Waals surface area contributed by atoms with Crippen molar-refractivity contribution in [3.63, 3.8) is 0 Å². The van der Waals surface area contributed by atoms with Crippen molar-refractivity contribution < 1.29 is 0 Å². The third kappa shape index (κ3) is 4.26. The summed E-state index contributed by atoms with van der Waals surface area (Å²) in [6, 6.07) is 56.4. The van der Waals surface area contributed by atoms with Gasteiger partial charge in [-0.05, 0) is 61.4 Å². The minimum absolute atomic E-state index is 1.20. The number of benzene rings is 6. The van der Waals surface area contributed by atoms with Gasteiger partial charge in [0, 0.05) is 0 Å². The molecule has 0 aliphatic carbocycles. The van der Waals surface area contributed by atoms with Crippen LogP contribution in [0.15, 0.2) is 158 Å². The summed E-state index contributed by atoms with van der Waals surface area (Å²) < 4.78 is 0. The zero-order valence-corrected chi connectivity index (χ0v) is 20.0. The molecule has 0 aliphatic rings. The van der Waals surface area contributed by atoms with E-state index in [0.29, 0.717) is 0 Å². The Bertz CT molecular complexity index is 1600. The van der Waals surface area contributed by atoms with Crippen molar-refractivity contribution in [3.8, 4) is 11.1 Å². The molecule has 0 aromatic heterocycles. The minimum atomic E-state index is 1.20. The molecule has 6 aromatic rings. The second-order valence-electron chi connectivity index (χ2n) is 8.96. The van der Waals surface area contributed by atoms with Gasteiger partial charge in [-0.15, -0.1) is 0 Å². The number of rotatable bonds is 5. The summed E-state index contributed by atoms with van der Waals surface area (Å²) >= 11 is 0. The Morgan fingerprint density at radius 1 is 0.333 bits per heavy atom. The van der Waals surface area contributed by atoms with E-state index in [0.717, 1.165) is 0 Å². The minimum Gasteiger partial charge on any atom is -0.0622 e. The fraction of sp³-hybridized carbons (Fsp3) is 0. The van der Waals surface area contributed by atoms with Gasteiger partial charge >= 0.3 is 0 Å². The molecule has 0 aliphatic heterocycles. The first-order valence-electron chi connectivity index (χ1n) is 12.4. The third-order valence-electron chi connectivity index (χ3n) is 6.69. The van der Waals surface area contributed by atoms with Gasteiger partial charge < -0.3 is 0 Å². The van der Waals surface area contributed by atoms with Gasteiger partial charge in [-0.1, -0.05) is 152 Å². The van der Waals surface area contributed by atoms with Gasteiger partial charge in [0.2, 0.25) is 0 Å². The molecule has 0 bridgehead atoms. The van der Waals surface area contributed by atoms with E-state index in [1.165, 1.54) is 55.3 Å². The lowest BCUT2D eigenvalue weighted by Gasteiger charge is -2.20. The molecular weight excluding hydrogens is 432 g/mol. The van der Waals surface area contributed by atoms with Crippen LogP contribution in [0.25, 0.3) is 33.0 Å². The van der Waals surface area contributed by atoms with Crippen LogP contribution in [-0.4, -0.2) is 0 Å². The zero-order valence-electron chi connectivity index (χ0n) is 20.0. The molecule has 170 valence electrons. The van der Waals surface area contributed by atoms with Crippen LogP contribution in [0.2, 0.25) is 0 Å². The standard InChI is InChI=1S/C36H26/c1-4-15-28(16-5-1)35(29-17-6-2-7-18-29)36(30-19-8-3-9-20-30)34-23-13-12-22-33(34)32-25-24-27-14-10-11-21-31(27)26-32/h1-26H. The summed E-state index contributed by atoms with van der Waals surface area (Å²) in [4.78, 5) is 0. The lowest BCUT2D eigenvalue weighted by Crippen LogP contribution is -1.99. The third-order valence-corrected chi connectivity index (χ3v) is 6.69. The monoisotopic (exact) mass is 458 g/mol. The summed E-state index contributed by atoms with van der Waals surface area (Å²) in [7, 11) is 0. The van der Waals surface area contributed by atoms with E-state index in [1.54, 1.807) is 0 Å². The lowest BCUT2D eigenvalue weighted by molar-refractivity contribution is 1.49. The lowest BCUT2D eigenvalue weighted by atomic mass is 9.83. The maximum Gasteiger partial charge on any atom is -0.00206 e. The van der Waals surface area contributed by atoms with Crippen LogP contribution in [-0.2, 0) is 0 Å². The van der Waals surface area contributed by atoms with Gasteiger partial charge in [-0.2, -0.15) is 0 Å². The summed E-state index contributed by atoms with van der Waals surface area (Å²) in [5, 5.41) is 2.51. The Morgan fingerprint density at radius 2 is 0.806 bits per heavy atom. The summed E-state index contributed by atoms with van der Waals surface area (Å²) in [6.07, 6.45) is 0. The highest BCUT2D eigenvalue weighted by atomic mass is 14.2. The van der Waals surface area contributed by atoms with E-state index in [4.69, 9.17) is 0 Å². The van der Waals surface area contributed by atoms with E-state index >= 15 is 0 Å². The fourth-order valence-corrected chi connectivity index (χ4v) is 5.01. The normalized spacial score (nSPS) is 10.8. The van der Waals surface area contributed by atoms with E-state index in [1.807, 2.05) is 0 Å². The average molecular weight is 459 g/mol. The fourth-order valence-electron chi connectivity index (χ4n) is 5.01. The van der Waals surface area contributed by atoms with Crippen LogP contribution in [0.3, 0.4) is 0 Å². The van der Waals surface area contributed by atoms with Crippen molar-refractivity contribution in [1.29, 1.82) is 0 Å². The van der Waals surface area contributed by atoms with Crippen molar-refractivity contribution in [3.05, 3.63) is 180 Å². The van der Waals surface area contributed by atoms with E-state index < -0.39 is 0 Å². The van der Waals surface area contributed by atoms with Crippen LogP contribution in [0.5, 0.6) is 0 Å². The molecule has 36 heavy (non-hydrogen) atoms. The van der Waals surface area contributed by atoms with Gasteiger partial charge in [0.25, 0.3) is 0 Å². The van der Waals surface area contributed by atoms with Crippen molar-refractivity contribution in [1.82, 2.24) is 0 Å². The first-order chi connectivity index (χ1) is 17.9. The topological polar surface area (TPSA) is 0 Å². The van der Waals surface area contributed by atoms with Crippen LogP contribution in [0, 0.1) is 0 Å². The Hall–Kier alpha value is -4.68. The summed E-state index contributed by atoms with van der Waals surface area (Å²) in [5.74, 6) is 0. The Morgan fingerprint density at radius 3 is 1.42 bits per heavy atom. The van der Waals surface area contributed by atoms with Crippen LogP contribution in [0.1, 0.15) is 22.3 Å². The van der Waals surface area contributed by atoms with E-state index in [2.05, 4.69) is 158 Å². The molecule has 0 N–H and O–H groups in total. The second-order valence-corrected chi connectivity index (χ2v) is 8.96. The molecule has 0 radical (unpaired) electrons. The predicted molar refractivity (Wildman–Crippen MR) is 154 cm³/mol. The highest BCUT2D eigenvalue weighted by Crippen LogP contribution is 2.41. The Kier molecular flexibility index (Phi) is 6.00. The van der Waals surface area contributed by atoms with Crippen molar-refractivity contribution in [2.45, 2.75) is 0 Å². The highest BCUT2D eigenvalue weighted by Gasteiger charge is 2.19. The van der Waals surface area contributed by atoms with Crippen molar-refractivity contribution >= 4 is 21.9 Å². The molecule has 6 aromatic carbocycles. The molecule has 0 nitrogen and oxygen atoms in total. The molecule has 0 unspecified atom stereocenters. The quantitative estimate of drug-likeness (QED) is 0.226. The van der Waals surface area contributed by atoms with Gasteiger partial charge in [0.05, 0.1) is 0 Å². The molecule has 0 amide bonds. The summed E-state index contributed by atoms with van der Waals surface area (Å²) in [5.41, 5.74) is 9.75. The molecule has 0 heterocycles. The smallest absolute Gasteiger partial charge is 0.00206 e. The molecule has 0 saturated heterocycles. The summed E-state index contributed by atoms with van der Waals surface area (Å²) in [6.45, 7) is 0. The number of hydrogen-bond donors (Lipinski definition) is 0. The molecular formula is C36H26. The molecule has 0 spiro atoms. The van der Waals surface area contributed by atoms with E-state index in [9.17, 15) is 0 Å². The first-order valence-corrected chi connectivity index (χ1v) is 12.4. The van der Waals surface area contributed by atoms with Gasteiger partial charge in [0.15, 0.2) is 0 Å². The molecule has 0 fully saturated rings. The van der Waals surface area contributed by atoms with Crippen LogP contribution in [0.4, 0.5) is 0 Å². The maximum atomic E-state index is 2.31. The average Bonchev–Trinajstić information content (AvgIpc) is 2.97. The SMILES string of the molecule is c1ccc(C(=C(c2ccccc2)c2ccccc2-c2ccc3ccccc3c2)c2ccccc2)cc1. The Balaban J connectivity index is 1.70. The van der Waals surface area contributed by atoms with Crippen LogP contribution >= 0.6 is 0 Å². The predicted octanol–water partition coefficient (Wildman–Crippen LogP) is 9.51. The molecule has 0 heteroatoms. The van der Waals surface area contributed by atoms with Gasteiger partial charge in [-0.3, -0.25) is 0 Å². The molecule has 6 rings (SSSR count). The Labute approximate surface area is 212 Å². The van der Waals surface area contributed by atoms with Gasteiger partial charge in [0.1, 0.15) is 0 Å². The van der Waals surface area contributed by atoms with Crippen molar-refractivity contribution in [2.75, 3.05) is 0 Å². The first kappa shape index (κ1) is 21.8. The van der Waals surface area contributed by atoms with Gasteiger partial charge in [-0.25, -0.2) is 0 Å². The highest BCUT2D eigenvalue weighted by molar-refractivity contribution is 6.07. The number of fused-ring (bicyclic) bond motifs is 1. The molecule has 0 saturated carbocycles. The van der Waals surface area contributed by atoms with Crippen LogP contribution < -0.4 is 0 Å². The maximum absolute atomic E-state index is 2.31. The number of hydrogen-bond acceptors (Lipinski definition) is 0. The van der Waals surface area contributed by atoms with Crippen molar-refractivity contribution in [2.24, 2.45) is 0 Å². The second kappa shape index (κ2) is 9.90. The largest absolute Gasteiger partial charge is 0.0622 e. The zero-order chi connectivity index (χ0) is 24.2. The molecule has 0 atom stereocenters.